The van der Waals surface area contributed by atoms with Gasteiger partial charge in [0, 0.05) is 25.0 Å². The lowest BCUT2D eigenvalue weighted by Crippen LogP contribution is -2.13. The maximum absolute atomic E-state index is 13.2. The van der Waals surface area contributed by atoms with Crippen LogP contribution in [0.1, 0.15) is 18.1 Å². The number of methoxy groups -OCH3 is 1. The van der Waals surface area contributed by atoms with E-state index >= 15 is 0 Å². The molecule has 2 aromatic heterocycles. The molecule has 3 rings (SSSR count). The lowest BCUT2D eigenvalue weighted by atomic mass is 10.2. The molecule has 0 aliphatic rings. The molecule has 28 heavy (non-hydrogen) atoms. The third-order valence-electron chi connectivity index (χ3n) is 3.90. The SMILES string of the molecule is CCOc1ccc(CNc2ccn(-c3ncccc3C(F)(F)F)n2)cc1OC. The lowest BCUT2D eigenvalue weighted by molar-refractivity contribution is -0.137. The fraction of sp³-hybridized carbons (Fsp3) is 0.263. The Kier molecular flexibility index (Phi) is 5.72. The predicted molar refractivity (Wildman–Crippen MR) is 97.9 cm³/mol. The molecular formula is C19H19F3N4O2. The van der Waals surface area contributed by atoms with Gasteiger partial charge < -0.3 is 14.8 Å². The topological polar surface area (TPSA) is 61.2 Å². The minimum Gasteiger partial charge on any atom is -0.493 e. The molecule has 0 spiro atoms. The highest BCUT2D eigenvalue weighted by molar-refractivity contribution is 5.45. The number of halogens is 3. The molecule has 0 radical (unpaired) electrons. The molecule has 9 heteroatoms. The van der Waals surface area contributed by atoms with Crippen LogP contribution < -0.4 is 14.8 Å². The van der Waals surface area contributed by atoms with Crippen LogP contribution in [0.4, 0.5) is 19.0 Å². The fourth-order valence-electron chi connectivity index (χ4n) is 2.63. The molecule has 0 aliphatic heterocycles. The molecule has 0 aliphatic carbocycles. The highest BCUT2D eigenvalue weighted by atomic mass is 19.4. The number of hydrogen-bond donors (Lipinski definition) is 1. The van der Waals surface area contributed by atoms with Crippen molar-refractivity contribution in [2.45, 2.75) is 19.6 Å². The molecule has 0 amide bonds. The second-order valence-electron chi connectivity index (χ2n) is 5.79. The van der Waals surface area contributed by atoms with E-state index in [9.17, 15) is 13.2 Å². The number of rotatable bonds is 7. The molecule has 1 aromatic carbocycles. The van der Waals surface area contributed by atoms with Crippen LogP contribution in [0.2, 0.25) is 0 Å². The normalized spacial score (nSPS) is 11.3. The number of aromatic nitrogens is 3. The smallest absolute Gasteiger partial charge is 0.420 e. The summed E-state index contributed by atoms with van der Waals surface area (Å²) < 4.78 is 51.3. The van der Waals surface area contributed by atoms with E-state index in [1.54, 1.807) is 19.2 Å². The largest absolute Gasteiger partial charge is 0.493 e. The molecule has 3 aromatic rings. The van der Waals surface area contributed by atoms with Gasteiger partial charge in [-0.25, -0.2) is 9.67 Å². The zero-order chi connectivity index (χ0) is 20.1. The van der Waals surface area contributed by atoms with E-state index in [0.717, 1.165) is 16.3 Å². The predicted octanol–water partition coefficient (Wildman–Crippen LogP) is 4.31. The summed E-state index contributed by atoms with van der Waals surface area (Å²) in [6, 6.07) is 9.31. The maximum atomic E-state index is 13.2. The van der Waals surface area contributed by atoms with Crippen molar-refractivity contribution in [1.29, 1.82) is 0 Å². The second-order valence-corrected chi connectivity index (χ2v) is 5.79. The number of alkyl halides is 3. The summed E-state index contributed by atoms with van der Waals surface area (Å²) in [5.74, 6) is 1.40. The van der Waals surface area contributed by atoms with E-state index in [4.69, 9.17) is 9.47 Å². The first kappa shape index (κ1) is 19.5. The van der Waals surface area contributed by atoms with E-state index in [-0.39, 0.29) is 5.82 Å². The van der Waals surface area contributed by atoms with Gasteiger partial charge in [0.25, 0.3) is 0 Å². The van der Waals surface area contributed by atoms with Gasteiger partial charge in [0.05, 0.1) is 13.7 Å². The number of hydrogen-bond acceptors (Lipinski definition) is 5. The van der Waals surface area contributed by atoms with Crippen molar-refractivity contribution < 1.29 is 22.6 Å². The Bertz CT molecular complexity index is 941. The second kappa shape index (κ2) is 8.20. The Morgan fingerprint density at radius 2 is 1.96 bits per heavy atom. The van der Waals surface area contributed by atoms with Crippen LogP contribution >= 0.6 is 0 Å². The van der Waals surface area contributed by atoms with E-state index in [1.807, 2.05) is 19.1 Å². The van der Waals surface area contributed by atoms with E-state index in [0.29, 0.717) is 30.5 Å². The van der Waals surface area contributed by atoms with Gasteiger partial charge in [-0.1, -0.05) is 6.07 Å². The van der Waals surface area contributed by atoms with Crippen molar-refractivity contribution in [1.82, 2.24) is 14.8 Å². The van der Waals surface area contributed by atoms with Crippen molar-refractivity contribution in [2.24, 2.45) is 0 Å². The summed E-state index contributed by atoms with van der Waals surface area (Å²) in [7, 11) is 1.56. The summed E-state index contributed by atoms with van der Waals surface area (Å²) in [6.07, 6.45) is -1.79. The van der Waals surface area contributed by atoms with Crippen molar-refractivity contribution in [3.05, 3.63) is 59.9 Å². The van der Waals surface area contributed by atoms with Gasteiger partial charge in [-0.05, 0) is 36.8 Å². The number of nitrogens with zero attached hydrogens (tertiary/aromatic N) is 3. The molecule has 0 atom stereocenters. The third-order valence-corrected chi connectivity index (χ3v) is 3.90. The van der Waals surface area contributed by atoms with Crippen molar-refractivity contribution in [3.8, 4) is 17.3 Å². The van der Waals surface area contributed by atoms with Crippen molar-refractivity contribution >= 4 is 5.82 Å². The molecule has 2 heterocycles. The fourth-order valence-corrected chi connectivity index (χ4v) is 2.63. The zero-order valence-corrected chi connectivity index (χ0v) is 15.3. The average Bonchev–Trinajstić information content (AvgIpc) is 3.15. The molecule has 6 nitrogen and oxygen atoms in total. The monoisotopic (exact) mass is 392 g/mol. The summed E-state index contributed by atoms with van der Waals surface area (Å²) in [6.45, 7) is 2.82. The van der Waals surface area contributed by atoms with Crippen LogP contribution in [0.5, 0.6) is 11.5 Å². The van der Waals surface area contributed by atoms with Gasteiger partial charge >= 0.3 is 6.18 Å². The van der Waals surface area contributed by atoms with Crippen LogP contribution in [0, 0.1) is 0 Å². The van der Waals surface area contributed by atoms with E-state index in [2.05, 4.69) is 15.4 Å². The molecule has 0 saturated carbocycles. The highest BCUT2D eigenvalue weighted by Gasteiger charge is 2.34. The van der Waals surface area contributed by atoms with Crippen LogP contribution in [0.3, 0.4) is 0 Å². The molecule has 0 bridgehead atoms. The van der Waals surface area contributed by atoms with Gasteiger partial charge in [-0.2, -0.15) is 13.2 Å². The van der Waals surface area contributed by atoms with Gasteiger partial charge in [0.2, 0.25) is 0 Å². The Balaban J connectivity index is 1.74. The number of anilines is 1. The molecule has 1 N–H and O–H groups in total. The Morgan fingerprint density at radius 3 is 2.68 bits per heavy atom. The van der Waals surface area contributed by atoms with Crippen LogP contribution in [-0.2, 0) is 12.7 Å². The van der Waals surface area contributed by atoms with Crippen LogP contribution in [-0.4, -0.2) is 28.5 Å². The number of benzene rings is 1. The Morgan fingerprint density at radius 1 is 1.14 bits per heavy atom. The van der Waals surface area contributed by atoms with Gasteiger partial charge in [0.15, 0.2) is 17.3 Å². The maximum Gasteiger partial charge on any atom is 0.420 e. The minimum absolute atomic E-state index is 0.272. The molecule has 0 fully saturated rings. The standard InChI is InChI=1S/C19H19F3N4O2/c1-3-28-15-7-6-13(11-16(15)27-2)12-24-17-8-10-26(25-17)18-14(19(20,21)22)5-4-9-23-18/h4-11H,3,12H2,1-2H3,(H,24,25). The zero-order valence-electron chi connectivity index (χ0n) is 15.3. The average molecular weight is 392 g/mol. The number of nitrogens with one attached hydrogen (secondary N) is 1. The minimum atomic E-state index is -4.51. The first-order valence-electron chi connectivity index (χ1n) is 8.54. The summed E-state index contributed by atoms with van der Waals surface area (Å²) in [5, 5.41) is 7.22. The van der Waals surface area contributed by atoms with Gasteiger partial charge in [-0.3, -0.25) is 0 Å². The first-order chi connectivity index (χ1) is 13.4. The van der Waals surface area contributed by atoms with Gasteiger partial charge in [-0.15, -0.1) is 5.10 Å². The van der Waals surface area contributed by atoms with Crippen LogP contribution in [0.25, 0.3) is 5.82 Å². The number of pyridine rings is 1. The first-order valence-corrected chi connectivity index (χ1v) is 8.54. The quantitative estimate of drug-likeness (QED) is 0.649. The lowest BCUT2D eigenvalue weighted by Gasteiger charge is -2.12. The molecule has 0 saturated heterocycles. The van der Waals surface area contributed by atoms with E-state index < -0.39 is 11.7 Å². The molecule has 148 valence electrons. The van der Waals surface area contributed by atoms with E-state index in [1.165, 1.54) is 18.5 Å². The third kappa shape index (κ3) is 4.36. The van der Waals surface area contributed by atoms with Crippen molar-refractivity contribution in [3.63, 3.8) is 0 Å². The van der Waals surface area contributed by atoms with Gasteiger partial charge in [0.1, 0.15) is 11.4 Å². The Labute approximate surface area is 159 Å². The number of ether oxygens (including phenoxy) is 2. The van der Waals surface area contributed by atoms with Crippen LogP contribution in [0.15, 0.2) is 48.8 Å². The molecular weight excluding hydrogens is 373 g/mol. The Hall–Kier alpha value is -3.23. The van der Waals surface area contributed by atoms with Crippen molar-refractivity contribution in [2.75, 3.05) is 19.0 Å². The summed E-state index contributed by atoms with van der Waals surface area (Å²) in [5.41, 5.74) is 0.0598. The summed E-state index contributed by atoms with van der Waals surface area (Å²) >= 11 is 0. The molecule has 0 unspecified atom stereocenters. The summed E-state index contributed by atoms with van der Waals surface area (Å²) in [4.78, 5) is 3.82. The highest BCUT2D eigenvalue weighted by Crippen LogP contribution is 2.32.